The number of aliphatic imine (C=N–C) groups is 1. The maximum atomic E-state index is 5.48. The Bertz CT molecular complexity index is 108. The van der Waals surface area contributed by atoms with Crippen LogP contribution < -0.4 is 5.84 Å². The molecule has 0 amide bonds. The molecule has 1 heterocycles. The number of hydrogen-bond acceptors (Lipinski definition) is 3. The maximum Gasteiger partial charge on any atom is 0.110 e. The molecule has 0 unspecified atom stereocenters. The monoisotopic (exact) mass is 113 g/mol. The third-order valence-corrected chi connectivity index (χ3v) is 1.31. The summed E-state index contributed by atoms with van der Waals surface area (Å²) in [5.74, 6) is 6.44. The number of nitrogens with zero attached hydrogens (tertiary/aromatic N) is 2. The van der Waals surface area contributed by atoms with Gasteiger partial charge in [-0.3, -0.25) is 10.0 Å². The molecule has 0 atom stereocenters. The van der Waals surface area contributed by atoms with E-state index in [-0.39, 0.29) is 0 Å². The van der Waals surface area contributed by atoms with Crippen molar-refractivity contribution < 1.29 is 0 Å². The van der Waals surface area contributed by atoms with E-state index >= 15 is 0 Å². The summed E-state index contributed by atoms with van der Waals surface area (Å²) >= 11 is 0. The van der Waals surface area contributed by atoms with Crippen molar-refractivity contribution in [3.8, 4) is 0 Å². The molecule has 0 saturated carbocycles. The van der Waals surface area contributed by atoms with Crippen LogP contribution in [0.3, 0.4) is 0 Å². The molecule has 1 rings (SSSR count). The van der Waals surface area contributed by atoms with E-state index in [0.29, 0.717) is 0 Å². The highest BCUT2D eigenvalue weighted by molar-refractivity contribution is 5.79. The van der Waals surface area contributed by atoms with Crippen molar-refractivity contribution in [2.24, 2.45) is 10.8 Å². The molecule has 0 radical (unpaired) electrons. The van der Waals surface area contributed by atoms with Gasteiger partial charge in [0.25, 0.3) is 0 Å². The van der Waals surface area contributed by atoms with E-state index in [1.165, 1.54) is 0 Å². The van der Waals surface area contributed by atoms with E-state index in [1.807, 2.05) is 6.92 Å². The van der Waals surface area contributed by atoms with Gasteiger partial charge in [0.05, 0.1) is 0 Å². The molecule has 0 saturated heterocycles. The minimum Gasteiger partial charge on any atom is -0.299 e. The third kappa shape index (κ3) is 0.980. The molecule has 46 valence electrons. The minimum absolute atomic E-state index is 0.944. The standard InChI is InChI=1S/C5H11N3/c1-5-7-3-2-4-8(5)6/h2-4,6H2,1H3. The molecule has 3 nitrogen and oxygen atoms in total. The van der Waals surface area contributed by atoms with Gasteiger partial charge in [0.15, 0.2) is 0 Å². The van der Waals surface area contributed by atoms with Gasteiger partial charge in [0.2, 0.25) is 0 Å². The third-order valence-electron chi connectivity index (χ3n) is 1.31. The molecular formula is C5H11N3. The summed E-state index contributed by atoms with van der Waals surface area (Å²) in [5.41, 5.74) is 0. The highest BCUT2D eigenvalue weighted by Gasteiger charge is 2.04. The Morgan fingerprint density at radius 2 is 2.50 bits per heavy atom. The molecule has 0 aromatic heterocycles. The zero-order valence-electron chi connectivity index (χ0n) is 5.09. The van der Waals surface area contributed by atoms with Crippen molar-refractivity contribution in [1.29, 1.82) is 0 Å². The van der Waals surface area contributed by atoms with Crippen LogP contribution in [0.1, 0.15) is 13.3 Å². The Morgan fingerprint density at radius 3 is 2.88 bits per heavy atom. The summed E-state index contributed by atoms with van der Waals surface area (Å²) in [6.07, 6.45) is 1.09. The van der Waals surface area contributed by atoms with Gasteiger partial charge < -0.3 is 0 Å². The molecule has 0 fully saturated rings. The number of nitrogens with two attached hydrogens (primary N) is 1. The second kappa shape index (κ2) is 2.13. The molecule has 1 aliphatic heterocycles. The summed E-state index contributed by atoms with van der Waals surface area (Å²) in [5, 5.41) is 1.68. The lowest BCUT2D eigenvalue weighted by Crippen LogP contribution is -2.39. The number of hydrazine groups is 1. The van der Waals surface area contributed by atoms with E-state index < -0.39 is 0 Å². The number of hydrogen-bond donors (Lipinski definition) is 1. The Kier molecular flexibility index (Phi) is 1.48. The van der Waals surface area contributed by atoms with Crippen LogP contribution in [-0.2, 0) is 0 Å². The Morgan fingerprint density at radius 1 is 1.75 bits per heavy atom. The van der Waals surface area contributed by atoms with Crippen molar-refractivity contribution in [2.75, 3.05) is 13.1 Å². The van der Waals surface area contributed by atoms with E-state index in [0.717, 1.165) is 25.3 Å². The van der Waals surface area contributed by atoms with E-state index in [2.05, 4.69) is 4.99 Å². The van der Waals surface area contributed by atoms with Crippen LogP contribution in [0.25, 0.3) is 0 Å². The van der Waals surface area contributed by atoms with Crippen LogP contribution in [0.2, 0.25) is 0 Å². The van der Waals surface area contributed by atoms with E-state index in [9.17, 15) is 0 Å². The summed E-state index contributed by atoms with van der Waals surface area (Å²) in [7, 11) is 0. The fourth-order valence-electron chi connectivity index (χ4n) is 0.735. The number of rotatable bonds is 0. The zero-order chi connectivity index (χ0) is 5.98. The highest BCUT2D eigenvalue weighted by Crippen LogP contribution is 1.95. The van der Waals surface area contributed by atoms with Gasteiger partial charge in [-0.15, -0.1) is 0 Å². The second-order valence-electron chi connectivity index (χ2n) is 1.98. The maximum absolute atomic E-state index is 5.48. The van der Waals surface area contributed by atoms with Crippen LogP contribution in [0.4, 0.5) is 0 Å². The van der Waals surface area contributed by atoms with E-state index in [1.54, 1.807) is 5.01 Å². The summed E-state index contributed by atoms with van der Waals surface area (Å²) in [6.45, 7) is 3.83. The van der Waals surface area contributed by atoms with Gasteiger partial charge in [0, 0.05) is 13.1 Å². The first-order valence-corrected chi connectivity index (χ1v) is 2.84. The van der Waals surface area contributed by atoms with Gasteiger partial charge in [-0.25, -0.2) is 5.84 Å². The first-order chi connectivity index (χ1) is 3.80. The normalized spacial score (nSPS) is 20.8. The van der Waals surface area contributed by atoms with Gasteiger partial charge >= 0.3 is 0 Å². The first kappa shape index (κ1) is 5.56. The quantitative estimate of drug-likeness (QED) is 0.449. The topological polar surface area (TPSA) is 41.6 Å². The van der Waals surface area contributed by atoms with Gasteiger partial charge in [-0.05, 0) is 13.3 Å². The average Bonchev–Trinajstić information content (AvgIpc) is 1.77. The molecule has 0 aromatic rings. The predicted molar refractivity (Wildman–Crippen MR) is 33.5 cm³/mol. The molecule has 8 heavy (non-hydrogen) atoms. The first-order valence-electron chi connectivity index (χ1n) is 2.84. The Hall–Kier alpha value is -0.570. The van der Waals surface area contributed by atoms with Gasteiger partial charge in [0.1, 0.15) is 5.84 Å². The van der Waals surface area contributed by atoms with Crippen LogP contribution in [0, 0.1) is 0 Å². The smallest absolute Gasteiger partial charge is 0.110 e. The average molecular weight is 113 g/mol. The molecule has 3 heteroatoms. The summed E-state index contributed by atoms with van der Waals surface area (Å²) in [4.78, 5) is 4.13. The van der Waals surface area contributed by atoms with E-state index in [4.69, 9.17) is 5.84 Å². The fourth-order valence-corrected chi connectivity index (χ4v) is 0.735. The Labute approximate surface area is 49.2 Å². The highest BCUT2D eigenvalue weighted by atomic mass is 15.4. The van der Waals surface area contributed by atoms with Crippen LogP contribution >= 0.6 is 0 Å². The molecule has 2 N–H and O–H groups in total. The van der Waals surface area contributed by atoms with Gasteiger partial charge in [-0.1, -0.05) is 0 Å². The largest absolute Gasteiger partial charge is 0.299 e. The minimum atomic E-state index is 0.944. The predicted octanol–water partition coefficient (Wildman–Crippen LogP) is -0.0158. The lowest BCUT2D eigenvalue weighted by Gasteiger charge is -2.21. The van der Waals surface area contributed by atoms with Crippen LogP contribution in [0.15, 0.2) is 4.99 Å². The SMILES string of the molecule is CC1=NCCCN1N. The second-order valence-corrected chi connectivity index (χ2v) is 1.98. The molecule has 0 aliphatic carbocycles. The Balaban J connectivity index is 2.53. The summed E-state index contributed by atoms with van der Waals surface area (Å²) < 4.78 is 0. The lowest BCUT2D eigenvalue weighted by molar-refractivity contribution is 0.409. The van der Waals surface area contributed by atoms with Crippen molar-refractivity contribution in [3.63, 3.8) is 0 Å². The lowest BCUT2D eigenvalue weighted by atomic mass is 10.3. The van der Waals surface area contributed by atoms with Crippen molar-refractivity contribution in [2.45, 2.75) is 13.3 Å². The van der Waals surface area contributed by atoms with Gasteiger partial charge in [-0.2, -0.15) is 0 Å². The van der Waals surface area contributed by atoms with Crippen molar-refractivity contribution >= 4 is 5.84 Å². The van der Waals surface area contributed by atoms with Crippen molar-refractivity contribution in [3.05, 3.63) is 0 Å². The molecular weight excluding hydrogens is 102 g/mol. The van der Waals surface area contributed by atoms with Crippen molar-refractivity contribution in [1.82, 2.24) is 5.01 Å². The molecule has 0 aromatic carbocycles. The number of amidine groups is 1. The molecule has 0 spiro atoms. The molecule has 1 aliphatic rings. The fraction of sp³-hybridized carbons (Fsp3) is 0.800. The van der Waals surface area contributed by atoms with Crippen LogP contribution in [-0.4, -0.2) is 23.9 Å². The van der Waals surface area contributed by atoms with Crippen LogP contribution in [0.5, 0.6) is 0 Å². The summed E-state index contributed by atoms with van der Waals surface area (Å²) in [6, 6.07) is 0. The molecule has 0 bridgehead atoms. The zero-order valence-corrected chi connectivity index (χ0v) is 5.09.